The van der Waals surface area contributed by atoms with E-state index in [1.165, 1.54) is 16.9 Å². The van der Waals surface area contributed by atoms with E-state index in [9.17, 15) is 0 Å². The quantitative estimate of drug-likeness (QED) is 0.568. The van der Waals surface area contributed by atoms with Crippen LogP contribution in [0.3, 0.4) is 0 Å². The van der Waals surface area contributed by atoms with Gasteiger partial charge < -0.3 is 15.0 Å². The molecule has 2 aromatic rings. The molecule has 2 atom stereocenters. The van der Waals surface area contributed by atoms with E-state index in [-0.39, 0.29) is 6.10 Å². The molecule has 0 saturated carbocycles. The Labute approximate surface area is 167 Å². The van der Waals surface area contributed by atoms with Crippen LogP contribution in [0.2, 0.25) is 0 Å². The molecule has 4 nitrogen and oxygen atoms in total. The average molecular weight is 386 g/mol. The molecule has 0 spiro atoms. The third kappa shape index (κ3) is 5.81. The van der Waals surface area contributed by atoms with Gasteiger partial charge in [0.25, 0.3) is 0 Å². The summed E-state index contributed by atoms with van der Waals surface area (Å²) >= 11 is 1.82. The Kier molecular flexibility index (Phi) is 7.72. The monoisotopic (exact) mass is 385 g/mol. The van der Waals surface area contributed by atoms with Gasteiger partial charge in [-0.1, -0.05) is 36.4 Å². The van der Waals surface area contributed by atoms with Crippen LogP contribution in [0.5, 0.6) is 0 Å². The number of guanidine groups is 1. The van der Waals surface area contributed by atoms with E-state index in [4.69, 9.17) is 9.73 Å². The molecule has 0 bridgehead atoms. The van der Waals surface area contributed by atoms with Crippen molar-refractivity contribution in [1.29, 1.82) is 0 Å². The van der Waals surface area contributed by atoms with E-state index >= 15 is 0 Å². The molecular weight excluding hydrogens is 354 g/mol. The maximum Gasteiger partial charge on any atom is 0.193 e. The molecule has 27 heavy (non-hydrogen) atoms. The van der Waals surface area contributed by atoms with E-state index < -0.39 is 0 Å². The van der Waals surface area contributed by atoms with Crippen molar-refractivity contribution in [2.75, 3.05) is 33.3 Å². The van der Waals surface area contributed by atoms with Crippen molar-refractivity contribution >= 4 is 17.3 Å². The summed E-state index contributed by atoms with van der Waals surface area (Å²) in [5.41, 5.74) is 1.27. The normalized spacial score (nSPS) is 20.4. The van der Waals surface area contributed by atoms with Crippen molar-refractivity contribution in [1.82, 2.24) is 10.2 Å². The van der Waals surface area contributed by atoms with Crippen LogP contribution in [0.25, 0.3) is 0 Å². The summed E-state index contributed by atoms with van der Waals surface area (Å²) < 4.78 is 6.12. The first kappa shape index (κ1) is 19.9. The first-order valence-electron chi connectivity index (χ1n) is 9.96. The Morgan fingerprint density at radius 2 is 2.11 bits per heavy atom. The smallest absolute Gasteiger partial charge is 0.193 e. The van der Waals surface area contributed by atoms with Gasteiger partial charge in [-0.25, -0.2) is 0 Å². The Morgan fingerprint density at radius 1 is 1.26 bits per heavy atom. The van der Waals surface area contributed by atoms with Crippen molar-refractivity contribution in [3.05, 3.63) is 58.3 Å². The SMILES string of the molecule is CCNC(=NCC1CCCOC1c1ccccc1)N(C)CCc1cccs1. The second-order valence-corrected chi connectivity index (χ2v) is 8.08. The molecule has 2 heterocycles. The first-order valence-corrected chi connectivity index (χ1v) is 10.8. The summed E-state index contributed by atoms with van der Waals surface area (Å²) in [5, 5.41) is 5.59. The molecule has 1 aliphatic heterocycles. The molecule has 1 aromatic heterocycles. The lowest BCUT2D eigenvalue weighted by atomic mass is 9.89. The number of nitrogens with zero attached hydrogens (tertiary/aromatic N) is 2. The lowest BCUT2D eigenvalue weighted by Gasteiger charge is -2.32. The number of hydrogen-bond donors (Lipinski definition) is 1. The lowest BCUT2D eigenvalue weighted by Crippen LogP contribution is -2.40. The number of nitrogens with one attached hydrogen (secondary N) is 1. The van der Waals surface area contributed by atoms with Crippen LogP contribution >= 0.6 is 11.3 Å². The Morgan fingerprint density at radius 3 is 2.85 bits per heavy atom. The zero-order chi connectivity index (χ0) is 18.9. The number of aliphatic imine (C=N–C) groups is 1. The highest BCUT2D eigenvalue weighted by Gasteiger charge is 2.27. The van der Waals surface area contributed by atoms with E-state index in [0.717, 1.165) is 45.0 Å². The molecule has 0 radical (unpaired) electrons. The van der Waals surface area contributed by atoms with Crippen molar-refractivity contribution in [3.63, 3.8) is 0 Å². The lowest BCUT2D eigenvalue weighted by molar-refractivity contribution is -0.0250. The van der Waals surface area contributed by atoms with E-state index in [1.807, 2.05) is 11.3 Å². The molecule has 146 valence electrons. The fraction of sp³-hybridized carbons (Fsp3) is 0.500. The van der Waals surface area contributed by atoms with Crippen LogP contribution < -0.4 is 5.32 Å². The zero-order valence-electron chi connectivity index (χ0n) is 16.4. The third-order valence-corrected chi connectivity index (χ3v) is 5.95. The van der Waals surface area contributed by atoms with Gasteiger partial charge in [-0.05, 0) is 43.2 Å². The minimum Gasteiger partial charge on any atom is -0.373 e. The van der Waals surface area contributed by atoms with Crippen LogP contribution in [-0.4, -0.2) is 44.1 Å². The third-order valence-electron chi connectivity index (χ3n) is 5.02. The molecule has 1 N–H and O–H groups in total. The maximum absolute atomic E-state index is 6.12. The van der Waals surface area contributed by atoms with E-state index in [1.54, 1.807) is 0 Å². The predicted octanol–water partition coefficient (Wildman–Crippen LogP) is 4.36. The highest BCUT2D eigenvalue weighted by molar-refractivity contribution is 7.09. The van der Waals surface area contributed by atoms with Crippen LogP contribution in [0, 0.1) is 5.92 Å². The Balaban J connectivity index is 1.63. The van der Waals surface area contributed by atoms with Gasteiger partial charge in [0.15, 0.2) is 5.96 Å². The van der Waals surface area contributed by atoms with Crippen LogP contribution in [0.15, 0.2) is 52.8 Å². The molecule has 1 fully saturated rings. The van der Waals surface area contributed by atoms with Crippen molar-refractivity contribution in [2.24, 2.45) is 10.9 Å². The predicted molar refractivity (Wildman–Crippen MR) is 114 cm³/mol. The topological polar surface area (TPSA) is 36.9 Å². The molecule has 1 aliphatic rings. The summed E-state index contributed by atoms with van der Waals surface area (Å²) in [4.78, 5) is 8.63. The fourth-order valence-electron chi connectivity index (χ4n) is 3.55. The van der Waals surface area contributed by atoms with E-state index in [0.29, 0.717) is 5.92 Å². The Bertz CT molecular complexity index is 687. The number of likely N-dealkylation sites (N-methyl/N-ethyl adjacent to an activating group) is 1. The van der Waals surface area contributed by atoms with Crippen LogP contribution in [0.4, 0.5) is 0 Å². The molecule has 5 heteroatoms. The van der Waals surface area contributed by atoms with Gasteiger partial charge in [-0.2, -0.15) is 0 Å². The second-order valence-electron chi connectivity index (χ2n) is 7.05. The van der Waals surface area contributed by atoms with Gasteiger partial charge in [0.05, 0.1) is 6.10 Å². The van der Waals surface area contributed by atoms with Crippen molar-refractivity contribution in [3.8, 4) is 0 Å². The average Bonchev–Trinajstić information content (AvgIpc) is 3.24. The number of rotatable bonds is 7. The first-order chi connectivity index (χ1) is 13.3. The molecule has 2 unspecified atom stereocenters. The number of hydrogen-bond acceptors (Lipinski definition) is 3. The number of thiophene rings is 1. The zero-order valence-corrected chi connectivity index (χ0v) is 17.3. The molecule has 1 aromatic carbocycles. The summed E-state index contributed by atoms with van der Waals surface area (Å²) in [7, 11) is 2.13. The molecule has 3 rings (SSSR count). The van der Waals surface area contributed by atoms with Crippen molar-refractivity contribution < 1.29 is 4.74 Å². The minimum atomic E-state index is 0.156. The minimum absolute atomic E-state index is 0.156. The van der Waals surface area contributed by atoms with Crippen LogP contribution in [-0.2, 0) is 11.2 Å². The molecule has 0 aliphatic carbocycles. The van der Waals surface area contributed by atoms with Gasteiger partial charge in [-0.3, -0.25) is 4.99 Å². The maximum atomic E-state index is 6.12. The molecular formula is C22H31N3OS. The second kappa shape index (κ2) is 10.5. The Hall–Kier alpha value is -1.85. The highest BCUT2D eigenvalue weighted by atomic mass is 32.1. The highest BCUT2D eigenvalue weighted by Crippen LogP contribution is 2.33. The summed E-state index contributed by atoms with van der Waals surface area (Å²) in [6.45, 7) is 5.62. The van der Waals surface area contributed by atoms with Crippen molar-refractivity contribution in [2.45, 2.75) is 32.3 Å². The van der Waals surface area contributed by atoms with Gasteiger partial charge in [0, 0.05) is 44.1 Å². The summed E-state index contributed by atoms with van der Waals surface area (Å²) in [5.74, 6) is 1.42. The van der Waals surface area contributed by atoms with Gasteiger partial charge in [0.2, 0.25) is 0 Å². The van der Waals surface area contributed by atoms with Crippen LogP contribution in [0.1, 0.15) is 36.3 Å². The largest absolute Gasteiger partial charge is 0.373 e. The molecule has 0 amide bonds. The number of benzene rings is 1. The standard InChI is InChI=1S/C22H31N3OS/c1-3-23-22(25(2)14-13-20-12-8-16-27-20)24-17-19-11-7-15-26-21(19)18-9-5-4-6-10-18/h4-6,8-10,12,16,19,21H,3,7,11,13-15,17H2,1-2H3,(H,23,24). The van der Waals surface area contributed by atoms with Gasteiger partial charge in [0.1, 0.15) is 0 Å². The number of ether oxygens (including phenoxy) is 1. The van der Waals surface area contributed by atoms with E-state index in [2.05, 4.69) is 72.0 Å². The summed E-state index contributed by atoms with van der Waals surface area (Å²) in [6, 6.07) is 14.9. The van der Waals surface area contributed by atoms with Gasteiger partial charge in [-0.15, -0.1) is 11.3 Å². The fourth-order valence-corrected chi connectivity index (χ4v) is 4.25. The van der Waals surface area contributed by atoms with Gasteiger partial charge >= 0.3 is 0 Å². The molecule has 1 saturated heterocycles. The summed E-state index contributed by atoms with van der Waals surface area (Å²) in [6.07, 6.45) is 3.50.